The summed E-state index contributed by atoms with van der Waals surface area (Å²) in [7, 11) is 0. The number of allylic oxidation sites excluding steroid dienone is 2. The summed E-state index contributed by atoms with van der Waals surface area (Å²) in [5.41, 5.74) is 4.61. The molecule has 0 N–H and O–H groups in total. The number of rotatable bonds is 1. The minimum atomic E-state index is 0.589. The summed E-state index contributed by atoms with van der Waals surface area (Å²) in [6.07, 6.45) is 5.72. The van der Waals surface area contributed by atoms with Gasteiger partial charge in [-0.3, -0.25) is 0 Å². The zero-order valence-corrected chi connectivity index (χ0v) is 8.83. The van der Waals surface area contributed by atoms with E-state index >= 15 is 0 Å². The first-order chi connectivity index (χ1) is 5.50. The van der Waals surface area contributed by atoms with Crippen molar-refractivity contribution in [2.45, 2.75) is 53.4 Å². The Bertz CT molecular complexity index is 239. The Morgan fingerprint density at radius 2 is 1.67 bits per heavy atom. The van der Waals surface area contributed by atoms with Crippen molar-refractivity contribution in [3.05, 3.63) is 11.1 Å². The van der Waals surface area contributed by atoms with Gasteiger partial charge in [-0.05, 0) is 50.4 Å². The minimum Gasteiger partial charge on any atom is -0.0767 e. The van der Waals surface area contributed by atoms with E-state index in [9.17, 15) is 0 Å². The van der Waals surface area contributed by atoms with E-state index in [2.05, 4.69) is 27.7 Å². The molecule has 12 heavy (non-hydrogen) atoms. The molecular formula is C12H20. The summed E-state index contributed by atoms with van der Waals surface area (Å²) in [5, 5.41) is 0. The number of hydrogen-bond acceptors (Lipinski definition) is 0. The van der Waals surface area contributed by atoms with Gasteiger partial charge in [0.1, 0.15) is 0 Å². The fourth-order valence-electron chi connectivity index (χ4n) is 2.83. The minimum absolute atomic E-state index is 0.589. The molecular weight excluding hydrogens is 144 g/mol. The average molecular weight is 164 g/mol. The highest BCUT2D eigenvalue weighted by atomic mass is 14.6. The summed E-state index contributed by atoms with van der Waals surface area (Å²) in [6, 6.07) is 0. The van der Waals surface area contributed by atoms with Crippen LogP contribution < -0.4 is 0 Å². The quantitative estimate of drug-likeness (QED) is 0.515. The lowest BCUT2D eigenvalue weighted by atomic mass is 9.56. The van der Waals surface area contributed by atoms with Gasteiger partial charge in [0.2, 0.25) is 0 Å². The summed E-state index contributed by atoms with van der Waals surface area (Å²) in [4.78, 5) is 0. The molecule has 0 heterocycles. The van der Waals surface area contributed by atoms with Gasteiger partial charge in [-0.25, -0.2) is 0 Å². The summed E-state index contributed by atoms with van der Waals surface area (Å²) in [5.74, 6) is 0. The molecule has 0 amide bonds. The predicted octanol–water partition coefficient (Wildman–Crippen LogP) is 3.92. The van der Waals surface area contributed by atoms with Crippen LogP contribution in [0.3, 0.4) is 0 Å². The van der Waals surface area contributed by atoms with Crippen LogP contribution in [-0.4, -0.2) is 0 Å². The maximum Gasteiger partial charge on any atom is -0.00571 e. The highest BCUT2D eigenvalue weighted by Gasteiger charge is 2.57. The smallest absolute Gasteiger partial charge is 0.00571 e. The van der Waals surface area contributed by atoms with Gasteiger partial charge in [-0.1, -0.05) is 25.0 Å². The van der Waals surface area contributed by atoms with Crippen molar-refractivity contribution in [3.8, 4) is 0 Å². The normalized spacial score (nSPS) is 37.5. The van der Waals surface area contributed by atoms with Gasteiger partial charge in [0.05, 0.1) is 0 Å². The third-order valence-corrected chi connectivity index (χ3v) is 4.48. The monoisotopic (exact) mass is 164 g/mol. The van der Waals surface area contributed by atoms with Crippen molar-refractivity contribution in [2.75, 3.05) is 0 Å². The Morgan fingerprint density at radius 1 is 1.08 bits per heavy atom. The SMILES string of the molecule is CC(C)=C1CCC1(C)C1(C)CC1. The molecule has 0 spiro atoms. The molecule has 0 aromatic carbocycles. The van der Waals surface area contributed by atoms with Crippen LogP contribution in [0.5, 0.6) is 0 Å². The zero-order valence-electron chi connectivity index (χ0n) is 8.83. The predicted molar refractivity (Wildman–Crippen MR) is 53.1 cm³/mol. The third kappa shape index (κ3) is 0.841. The van der Waals surface area contributed by atoms with Crippen LogP contribution in [0.1, 0.15) is 53.4 Å². The standard InChI is InChI=1S/C12H20/c1-9(2)10-5-6-12(10,4)11(3)7-8-11/h5-8H2,1-4H3. The van der Waals surface area contributed by atoms with Gasteiger partial charge in [0.15, 0.2) is 0 Å². The van der Waals surface area contributed by atoms with Gasteiger partial charge < -0.3 is 0 Å². The van der Waals surface area contributed by atoms with Gasteiger partial charge in [-0.15, -0.1) is 0 Å². The maximum absolute atomic E-state index is 2.48. The van der Waals surface area contributed by atoms with E-state index in [4.69, 9.17) is 0 Å². The third-order valence-electron chi connectivity index (χ3n) is 4.48. The Hall–Kier alpha value is -0.260. The lowest BCUT2D eigenvalue weighted by Crippen LogP contribution is -2.37. The van der Waals surface area contributed by atoms with Crippen LogP contribution in [0.2, 0.25) is 0 Å². The first kappa shape index (κ1) is 8.34. The summed E-state index contributed by atoms with van der Waals surface area (Å²) in [6.45, 7) is 9.50. The highest BCUT2D eigenvalue weighted by molar-refractivity contribution is 5.32. The van der Waals surface area contributed by atoms with E-state index in [1.54, 1.807) is 11.1 Å². The van der Waals surface area contributed by atoms with Crippen LogP contribution in [0.25, 0.3) is 0 Å². The lowest BCUT2D eigenvalue weighted by Gasteiger charge is -2.48. The molecule has 0 aromatic rings. The largest absolute Gasteiger partial charge is 0.0767 e. The highest BCUT2D eigenvalue weighted by Crippen LogP contribution is 2.68. The first-order valence-corrected chi connectivity index (χ1v) is 5.16. The Kier molecular flexibility index (Phi) is 1.50. The van der Waals surface area contributed by atoms with Crippen molar-refractivity contribution in [1.82, 2.24) is 0 Å². The second kappa shape index (κ2) is 2.16. The van der Waals surface area contributed by atoms with Crippen LogP contribution in [0.4, 0.5) is 0 Å². The molecule has 0 radical (unpaired) electrons. The van der Waals surface area contributed by atoms with Crippen LogP contribution in [0, 0.1) is 10.8 Å². The lowest BCUT2D eigenvalue weighted by molar-refractivity contribution is 0.146. The van der Waals surface area contributed by atoms with Gasteiger partial charge in [0.25, 0.3) is 0 Å². The van der Waals surface area contributed by atoms with E-state index < -0.39 is 0 Å². The van der Waals surface area contributed by atoms with Gasteiger partial charge in [-0.2, -0.15) is 0 Å². The van der Waals surface area contributed by atoms with Crippen LogP contribution in [-0.2, 0) is 0 Å². The van der Waals surface area contributed by atoms with Gasteiger partial charge in [0, 0.05) is 0 Å². The van der Waals surface area contributed by atoms with Crippen molar-refractivity contribution >= 4 is 0 Å². The molecule has 68 valence electrons. The van der Waals surface area contributed by atoms with E-state index in [0.717, 1.165) is 0 Å². The van der Waals surface area contributed by atoms with Crippen LogP contribution in [0.15, 0.2) is 11.1 Å². The Labute approximate surface area is 76.1 Å². The van der Waals surface area contributed by atoms with Crippen molar-refractivity contribution < 1.29 is 0 Å². The number of hydrogen-bond donors (Lipinski definition) is 0. The molecule has 1 unspecified atom stereocenters. The Morgan fingerprint density at radius 3 is 1.92 bits per heavy atom. The fourth-order valence-corrected chi connectivity index (χ4v) is 2.83. The molecule has 2 rings (SSSR count). The molecule has 1 atom stereocenters. The molecule has 0 bridgehead atoms. The first-order valence-electron chi connectivity index (χ1n) is 5.16. The average Bonchev–Trinajstić information content (AvgIpc) is 2.64. The Balaban J connectivity index is 2.29. The maximum atomic E-state index is 2.48. The van der Waals surface area contributed by atoms with Gasteiger partial charge >= 0.3 is 0 Å². The molecule has 0 saturated heterocycles. The molecule has 2 aliphatic rings. The molecule has 2 fully saturated rings. The summed E-state index contributed by atoms with van der Waals surface area (Å²) >= 11 is 0. The van der Waals surface area contributed by atoms with Crippen molar-refractivity contribution in [2.24, 2.45) is 10.8 Å². The molecule has 2 saturated carbocycles. The zero-order chi connectivity index (χ0) is 8.98. The summed E-state index contributed by atoms with van der Waals surface area (Å²) < 4.78 is 0. The molecule has 0 aliphatic heterocycles. The van der Waals surface area contributed by atoms with Crippen molar-refractivity contribution in [1.29, 1.82) is 0 Å². The molecule has 2 aliphatic carbocycles. The van der Waals surface area contributed by atoms with E-state index in [1.807, 2.05) is 0 Å². The van der Waals surface area contributed by atoms with E-state index in [1.165, 1.54) is 25.7 Å². The second-order valence-corrected chi connectivity index (χ2v) is 5.37. The second-order valence-electron chi connectivity index (χ2n) is 5.37. The molecule has 0 heteroatoms. The fraction of sp³-hybridized carbons (Fsp3) is 0.833. The van der Waals surface area contributed by atoms with E-state index in [-0.39, 0.29) is 0 Å². The van der Waals surface area contributed by atoms with E-state index in [0.29, 0.717) is 10.8 Å². The van der Waals surface area contributed by atoms with Crippen LogP contribution >= 0.6 is 0 Å². The topological polar surface area (TPSA) is 0 Å². The molecule has 0 nitrogen and oxygen atoms in total. The van der Waals surface area contributed by atoms with Crippen molar-refractivity contribution in [3.63, 3.8) is 0 Å². The molecule has 0 aromatic heterocycles.